The average Bonchev–Trinajstić information content (AvgIpc) is 2.41. The number of benzene rings is 1. The standard InChI is InChI=1S/C15H21F3N2O/c1-10-11(2)20(9-8-14(10)19-3)12-4-6-13(7-5-12)21-15(16,17)18/h4-7,10-11,14,19H,8-9H2,1-3H3. The minimum Gasteiger partial charge on any atom is -0.406 e. The number of ether oxygens (including phenoxy) is 1. The summed E-state index contributed by atoms with van der Waals surface area (Å²) in [7, 11) is 1.97. The molecule has 1 aliphatic rings. The Kier molecular flexibility index (Phi) is 4.66. The Labute approximate surface area is 123 Å². The molecule has 21 heavy (non-hydrogen) atoms. The van der Waals surface area contributed by atoms with Crippen molar-refractivity contribution in [3.63, 3.8) is 0 Å². The van der Waals surface area contributed by atoms with Gasteiger partial charge in [-0.05, 0) is 50.6 Å². The molecule has 1 N–H and O–H groups in total. The topological polar surface area (TPSA) is 24.5 Å². The molecule has 118 valence electrons. The van der Waals surface area contributed by atoms with E-state index in [1.54, 1.807) is 12.1 Å². The third-order valence-electron chi connectivity index (χ3n) is 4.34. The second kappa shape index (κ2) is 6.13. The average molecular weight is 302 g/mol. The normalized spacial score (nSPS) is 26.8. The van der Waals surface area contributed by atoms with Crippen LogP contribution in [-0.4, -0.2) is 32.0 Å². The predicted octanol–water partition coefficient (Wildman–Crippen LogP) is 3.41. The SMILES string of the molecule is CNC1CCN(c2ccc(OC(F)(F)F)cc2)C(C)C1C. The number of anilines is 1. The molecule has 1 aromatic rings. The zero-order valence-electron chi connectivity index (χ0n) is 12.4. The summed E-state index contributed by atoms with van der Waals surface area (Å²) in [5, 5.41) is 3.32. The van der Waals surface area contributed by atoms with E-state index >= 15 is 0 Å². The van der Waals surface area contributed by atoms with Crippen molar-refractivity contribution >= 4 is 5.69 Å². The monoisotopic (exact) mass is 302 g/mol. The van der Waals surface area contributed by atoms with Crippen LogP contribution in [-0.2, 0) is 0 Å². The third kappa shape index (κ3) is 3.81. The summed E-state index contributed by atoms with van der Waals surface area (Å²) in [5.41, 5.74) is 0.929. The first kappa shape index (κ1) is 15.9. The lowest BCUT2D eigenvalue weighted by Gasteiger charge is -2.44. The zero-order valence-corrected chi connectivity index (χ0v) is 12.4. The lowest BCUT2D eigenvalue weighted by molar-refractivity contribution is -0.274. The summed E-state index contributed by atoms with van der Waals surface area (Å²) in [6.07, 6.45) is -3.63. The number of rotatable bonds is 3. The summed E-state index contributed by atoms with van der Waals surface area (Å²) in [5.74, 6) is 0.284. The molecule has 1 aliphatic heterocycles. The molecule has 1 aromatic carbocycles. The van der Waals surface area contributed by atoms with Gasteiger partial charge in [-0.25, -0.2) is 0 Å². The van der Waals surface area contributed by atoms with E-state index in [2.05, 4.69) is 28.8 Å². The van der Waals surface area contributed by atoms with Gasteiger partial charge in [-0.3, -0.25) is 0 Å². The molecule has 0 aliphatic carbocycles. The van der Waals surface area contributed by atoms with Gasteiger partial charge in [-0.2, -0.15) is 0 Å². The van der Waals surface area contributed by atoms with Gasteiger partial charge in [0.1, 0.15) is 5.75 Å². The molecule has 2 rings (SSSR count). The van der Waals surface area contributed by atoms with Gasteiger partial charge in [0, 0.05) is 24.3 Å². The molecule has 3 nitrogen and oxygen atoms in total. The largest absolute Gasteiger partial charge is 0.573 e. The van der Waals surface area contributed by atoms with Crippen molar-refractivity contribution in [2.24, 2.45) is 5.92 Å². The fraction of sp³-hybridized carbons (Fsp3) is 0.600. The van der Waals surface area contributed by atoms with Crippen molar-refractivity contribution < 1.29 is 17.9 Å². The molecule has 6 heteroatoms. The fourth-order valence-corrected chi connectivity index (χ4v) is 2.98. The number of hydrogen-bond donors (Lipinski definition) is 1. The Hall–Kier alpha value is -1.43. The molecule has 0 saturated carbocycles. The molecular formula is C15H21F3N2O. The van der Waals surface area contributed by atoms with Gasteiger partial charge in [0.25, 0.3) is 0 Å². The highest BCUT2D eigenvalue weighted by Gasteiger charge is 2.33. The van der Waals surface area contributed by atoms with E-state index in [0.29, 0.717) is 18.0 Å². The Morgan fingerprint density at radius 1 is 1.19 bits per heavy atom. The van der Waals surface area contributed by atoms with Crippen LogP contribution in [0.25, 0.3) is 0 Å². The first-order valence-electron chi connectivity index (χ1n) is 7.11. The summed E-state index contributed by atoms with van der Waals surface area (Å²) < 4.78 is 40.4. The van der Waals surface area contributed by atoms with E-state index in [1.807, 2.05) is 7.05 Å². The Bertz CT molecular complexity index is 461. The van der Waals surface area contributed by atoms with Gasteiger partial charge in [0.2, 0.25) is 0 Å². The van der Waals surface area contributed by atoms with Crippen molar-refractivity contribution in [1.29, 1.82) is 0 Å². The Balaban J connectivity index is 2.09. The van der Waals surface area contributed by atoms with Gasteiger partial charge in [0.15, 0.2) is 0 Å². The van der Waals surface area contributed by atoms with Crippen LogP contribution in [0.4, 0.5) is 18.9 Å². The van der Waals surface area contributed by atoms with Crippen LogP contribution < -0.4 is 15.0 Å². The lowest BCUT2D eigenvalue weighted by atomic mass is 9.87. The second-order valence-corrected chi connectivity index (χ2v) is 5.52. The molecule has 0 bridgehead atoms. The summed E-state index contributed by atoms with van der Waals surface area (Å²) in [6.45, 7) is 5.23. The molecule has 0 radical (unpaired) electrons. The highest BCUT2D eigenvalue weighted by atomic mass is 19.4. The number of nitrogens with one attached hydrogen (secondary N) is 1. The molecule has 0 aromatic heterocycles. The number of hydrogen-bond acceptors (Lipinski definition) is 3. The maximum Gasteiger partial charge on any atom is 0.573 e. The summed E-state index contributed by atoms with van der Waals surface area (Å²) in [6, 6.07) is 6.90. The molecule has 0 amide bonds. The maximum atomic E-state index is 12.2. The minimum atomic E-state index is -4.64. The van der Waals surface area contributed by atoms with Gasteiger partial charge in [-0.1, -0.05) is 6.92 Å². The lowest BCUT2D eigenvalue weighted by Crippen LogP contribution is -2.52. The highest BCUT2D eigenvalue weighted by molar-refractivity contribution is 5.50. The van der Waals surface area contributed by atoms with Crippen molar-refractivity contribution in [2.45, 2.75) is 38.7 Å². The quantitative estimate of drug-likeness (QED) is 0.926. The smallest absolute Gasteiger partial charge is 0.406 e. The van der Waals surface area contributed by atoms with Gasteiger partial charge >= 0.3 is 6.36 Å². The maximum absolute atomic E-state index is 12.2. The van der Waals surface area contributed by atoms with Crippen molar-refractivity contribution in [2.75, 3.05) is 18.5 Å². The first-order chi connectivity index (χ1) is 9.81. The molecule has 0 spiro atoms. The van der Waals surface area contributed by atoms with E-state index in [-0.39, 0.29) is 5.75 Å². The van der Waals surface area contributed by atoms with Gasteiger partial charge in [-0.15, -0.1) is 13.2 Å². The van der Waals surface area contributed by atoms with Crippen molar-refractivity contribution in [1.82, 2.24) is 5.32 Å². The van der Waals surface area contributed by atoms with E-state index in [0.717, 1.165) is 18.7 Å². The molecule has 1 fully saturated rings. The van der Waals surface area contributed by atoms with Gasteiger partial charge < -0.3 is 15.0 Å². The van der Waals surface area contributed by atoms with Gasteiger partial charge in [0.05, 0.1) is 0 Å². The minimum absolute atomic E-state index is 0.183. The fourth-order valence-electron chi connectivity index (χ4n) is 2.98. The van der Waals surface area contributed by atoms with E-state index in [1.165, 1.54) is 12.1 Å². The molecule has 1 heterocycles. The van der Waals surface area contributed by atoms with Crippen molar-refractivity contribution in [3.05, 3.63) is 24.3 Å². The molecule has 3 atom stereocenters. The predicted molar refractivity (Wildman–Crippen MR) is 76.6 cm³/mol. The van der Waals surface area contributed by atoms with E-state index in [9.17, 15) is 13.2 Å². The van der Waals surface area contributed by atoms with E-state index in [4.69, 9.17) is 0 Å². The highest BCUT2D eigenvalue weighted by Crippen LogP contribution is 2.31. The molecule has 1 saturated heterocycles. The van der Waals surface area contributed by atoms with Crippen molar-refractivity contribution in [3.8, 4) is 5.75 Å². The van der Waals surface area contributed by atoms with Crippen LogP contribution in [0, 0.1) is 5.92 Å². The zero-order chi connectivity index (χ0) is 15.6. The number of halogens is 3. The van der Waals surface area contributed by atoms with Crippen LogP contribution in [0.3, 0.4) is 0 Å². The Morgan fingerprint density at radius 2 is 1.81 bits per heavy atom. The van der Waals surface area contributed by atoms with Crippen LogP contribution in [0.2, 0.25) is 0 Å². The van der Waals surface area contributed by atoms with Crippen LogP contribution in [0.5, 0.6) is 5.75 Å². The summed E-state index contributed by atoms with van der Waals surface area (Å²) in [4.78, 5) is 2.23. The van der Waals surface area contributed by atoms with E-state index < -0.39 is 6.36 Å². The Morgan fingerprint density at radius 3 is 2.33 bits per heavy atom. The number of piperidine rings is 1. The number of nitrogens with zero attached hydrogens (tertiary/aromatic N) is 1. The number of alkyl halides is 3. The van der Waals surface area contributed by atoms with Crippen LogP contribution >= 0.6 is 0 Å². The first-order valence-corrected chi connectivity index (χ1v) is 7.11. The molecule has 3 unspecified atom stereocenters. The van der Waals surface area contributed by atoms with Crippen LogP contribution in [0.15, 0.2) is 24.3 Å². The molecular weight excluding hydrogens is 281 g/mol. The summed E-state index contributed by atoms with van der Waals surface area (Å²) >= 11 is 0. The van der Waals surface area contributed by atoms with Crippen LogP contribution in [0.1, 0.15) is 20.3 Å². The second-order valence-electron chi connectivity index (χ2n) is 5.52. The third-order valence-corrected chi connectivity index (χ3v) is 4.34.